The molecule has 2 aromatic carbocycles. The number of hydrogen-bond acceptors (Lipinski definition) is 3. The molecule has 6 heteroatoms. The molecule has 0 aliphatic carbocycles. The van der Waals surface area contributed by atoms with Crippen molar-refractivity contribution >= 4 is 15.7 Å². The fraction of sp³-hybridized carbons (Fsp3) is 0.333. The van der Waals surface area contributed by atoms with Gasteiger partial charge in [0.15, 0.2) is 0 Å². The van der Waals surface area contributed by atoms with Gasteiger partial charge in [0.2, 0.25) is 10.0 Å². The van der Waals surface area contributed by atoms with Gasteiger partial charge in [0.05, 0.1) is 6.04 Å². The van der Waals surface area contributed by atoms with Gasteiger partial charge in [-0.1, -0.05) is 24.3 Å². The van der Waals surface area contributed by atoms with Gasteiger partial charge in [-0.15, -0.1) is 0 Å². The van der Waals surface area contributed by atoms with E-state index < -0.39 is 15.8 Å². The molecule has 0 spiro atoms. The number of nitrogens with zero attached hydrogens (tertiary/aromatic N) is 2. The van der Waals surface area contributed by atoms with Crippen LogP contribution in [0.25, 0.3) is 0 Å². The van der Waals surface area contributed by atoms with Crippen LogP contribution in [0.4, 0.5) is 10.1 Å². The molecule has 0 bridgehead atoms. The van der Waals surface area contributed by atoms with E-state index in [4.69, 9.17) is 0 Å². The second-order valence-electron chi connectivity index (χ2n) is 6.19. The van der Waals surface area contributed by atoms with Crippen molar-refractivity contribution < 1.29 is 12.8 Å². The molecule has 1 aliphatic rings. The summed E-state index contributed by atoms with van der Waals surface area (Å²) in [5.41, 5.74) is 1.96. The molecule has 1 aliphatic heterocycles. The summed E-state index contributed by atoms with van der Waals surface area (Å²) in [5, 5.41) is 0. The Kier molecular flexibility index (Phi) is 4.60. The highest BCUT2D eigenvalue weighted by Gasteiger charge is 2.37. The fourth-order valence-electron chi connectivity index (χ4n) is 3.15. The Morgan fingerprint density at radius 3 is 2.58 bits per heavy atom. The number of halogens is 1. The van der Waals surface area contributed by atoms with Gasteiger partial charge in [-0.25, -0.2) is 12.8 Å². The maximum Gasteiger partial charge on any atom is 0.246 e. The van der Waals surface area contributed by atoms with E-state index in [1.807, 2.05) is 43.3 Å². The summed E-state index contributed by atoms with van der Waals surface area (Å²) < 4.78 is 41.3. The van der Waals surface area contributed by atoms with Crippen LogP contribution in [-0.4, -0.2) is 33.4 Å². The fourth-order valence-corrected chi connectivity index (χ4v) is 4.90. The van der Waals surface area contributed by atoms with Crippen LogP contribution in [0.5, 0.6) is 0 Å². The quantitative estimate of drug-likeness (QED) is 0.850. The van der Waals surface area contributed by atoms with Crippen molar-refractivity contribution in [2.75, 3.05) is 25.5 Å². The standard InChI is InChI=1S/C18H21FN2O2S/c1-20(2)15-8-5-7-14(13-15)17-10-6-12-21(17)24(22,23)18-11-4-3-9-16(18)19/h3-5,7-9,11,13,17H,6,10,12H2,1-2H3. The molecule has 0 N–H and O–H groups in total. The van der Waals surface area contributed by atoms with Crippen LogP contribution in [0.2, 0.25) is 0 Å². The number of hydrogen-bond donors (Lipinski definition) is 0. The van der Waals surface area contributed by atoms with E-state index in [0.717, 1.165) is 24.1 Å². The molecule has 3 rings (SSSR count). The van der Waals surface area contributed by atoms with Crippen LogP contribution < -0.4 is 4.90 Å². The molecule has 1 unspecified atom stereocenters. The molecule has 2 aromatic rings. The van der Waals surface area contributed by atoms with Crippen molar-refractivity contribution in [2.45, 2.75) is 23.8 Å². The predicted molar refractivity (Wildman–Crippen MR) is 93.0 cm³/mol. The molecule has 24 heavy (non-hydrogen) atoms. The van der Waals surface area contributed by atoms with E-state index in [1.165, 1.54) is 22.5 Å². The minimum Gasteiger partial charge on any atom is -0.378 e. The lowest BCUT2D eigenvalue weighted by molar-refractivity contribution is 0.393. The van der Waals surface area contributed by atoms with Gasteiger partial charge in [-0.05, 0) is 42.7 Å². The highest BCUT2D eigenvalue weighted by Crippen LogP contribution is 2.37. The zero-order valence-electron chi connectivity index (χ0n) is 13.8. The number of anilines is 1. The molecule has 1 fully saturated rings. The summed E-state index contributed by atoms with van der Waals surface area (Å²) >= 11 is 0. The van der Waals surface area contributed by atoms with E-state index in [-0.39, 0.29) is 10.9 Å². The van der Waals surface area contributed by atoms with Crippen molar-refractivity contribution in [2.24, 2.45) is 0 Å². The molecule has 4 nitrogen and oxygen atoms in total. The molecule has 0 amide bonds. The first-order valence-electron chi connectivity index (χ1n) is 7.95. The highest BCUT2D eigenvalue weighted by molar-refractivity contribution is 7.89. The van der Waals surface area contributed by atoms with Crippen molar-refractivity contribution in [1.29, 1.82) is 0 Å². The zero-order chi connectivity index (χ0) is 17.3. The lowest BCUT2D eigenvalue weighted by Gasteiger charge is -2.25. The molecule has 1 atom stereocenters. The van der Waals surface area contributed by atoms with Crippen LogP contribution in [0.3, 0.4) is 0 Å². The molecule has 1 saturated heterocycles. The summed E-state index contributed by atoms with van der Waals surface area (Å²) in [5.74, 6) is -0.704. The van der Waals surface area contributed by atoms with E-state index in [1.54, 1.807) is 6.07 Å². The molecule has 0 aromatic heterocycles. The van der Waals surface area contributed by atoms with Gasteiger partial charge in [0.1, 0.15) is 10.7 Å². The summed E-state index contributed by atoms with van der Waals surface area (Å²) in [6.07, 6.45) is 1.51. The van der Waals surface area contributed by atoms with Gasteiger partial charge in [0.25, 0.3) is 0 Å². The minimum atomic E-state index is -3.86. The summed E-state index contributed by atoms with van der Waals surface area (Å²) in [7, 11) is 0.0370. The van der Waals surface area contributed by atoms with Crippen molar-refractivity contribution in [1.82, 2.24) is 4.31 Å². The Morgan fingerprint density at radius 1 is 1.12 bits per heavy atom. The van der Waals surface area contributed by atoms with Crippen molar-refractivity contribution in [3.8, 4) is 0 Å². The van der Waals surface area contributed by atoms with Gasteiger partial charge < -0.3 is 4.90 Å². The van der Waals surface area contributed by atoms with Crippen molar-refractivity contribution in [3.05, 3.63) is 59.9 Å². The number of benzene rings is 2. The second-order valence-corrected chi connectivity index (χ2v) is 8.05. The maximum absolute atomic E-state index is 14.0. The number of sulfonamides is 1. The molecule has 0 radical (unpaired) electrons. The van der Waals surface area contributed by atoms with Gasteiger partial charge in [-0.3, -0.25) is 0 Å². The molecular weight excluding hydrogens is 327 g/mol. The van der Waals surface area contributed by atoms with Gasteiger partial charge >= 0.3 is 0 Å². The number of rotatable bonds is 4. The van der Waals surface area contributed by atoms with Crippen LogP contribution in [-0.2, 0) is 10.0 Å². The highest BCUT2D eigenvalue weighted by atomic mass is 32.2. The lowest BCUT2D eigenvalue weighted by Crippen LogP contribution is -2.31. The maximum atomic E-state index is 14.0. The Balaban J connectivity index is 1.99. The smallest absolute Gasteiger partial charge is 0.246 e. The van der Waals surface area contributed by atoms with Crippen molar-refractivity contribution in [3.63, 3.8) is 0 Å². The monoisotopic (exact) mass is 348 g/mol. The van der Waals surface area contributed by atoms with E-state index in [0.29, 0.717) is 6.54 Å². The van der Waals surface area contributed by atoms with E-state index >= 15 is 0 Å². The van der Waals surface area contributed by atoms with Crippen LogP contribution >= 0.6 is 0 Å². The average Bonchev–Trinajstić information content (AvgIpc) is 3.05. The summed E-state index contributed by atoms with van der Waals surface area (Å²) in [4.78, 5) is 1.73. The molecule has 128 valence electrons. The SMILES string of the molecule is CN(C)c1cccc(C2CCCN2S(=O)(=O)c2ccccc2F)c1. The molecular formula is C18H21FN2O2S. The first-order valence-corrected chi connectivity index (χ1v) is 9.39. The third-order valence-electron chi connectivity index (χ3n) is 4.40. The Bertz CT molecular complexity index is 836. The predicted octanol–water partition coefficient (Wildman–Crippen LogP) is 3.42. The Labute approximate surface area is 142 Å². The summed E-state index contributed by atoms with van der Waals surface area (Å²) in [6, 6.07) is 13.2. The van der Waals surface area contributed by atoms with Crippen LogP contribution in [0.1, 0.15) is 24.4 Å². The zero-order valence-corrected chi connectivity index (χ0v) is 14.6. The molecule has 1 heterocycles. The van der Waals surface area contributed by atoms with Crippen LogP contribution in [0.15, 0.2) is 53.4 Å². The third-order valence-corrected chi connectivity index (χ3v) is 6.34. The van der Waals surface area contributed by atoms with Gasteiger partial charge in [0, 0.05) is 26.3 Å². The van der Waals surface area contributed by atoms with Crippen LogP contribution in [0, 0.1) is 5.82 Å². The first-order chi connectivity index (χ1) is 11.4. The van der Waals surface area contributed by atoms with Gasteiger partial charge in [-0.2, -0.15) is 4.31 Å². The molecule has 0 saturated carbocycles. The van der Waals surface area contributed by atoms with E-state index in [2.05, 4.69) is 0 Å². The lowest BCUT2D eigenvalue weighted by atomic mass is 10.0. The average molecular weight is 348 g/mol. The Hall–Kier alpha value is -1.92. The first kappa shape index (κ1) is 16.9. The van der Waals surface area contributed by atoms with E-state index in [9.17, 15) is 12.8 Å². The second kappa shape index (κ2) is 6.53. The topological polar surface area (TPSA) is 40.6 Å². The summed E-state index contributed by atoms with van der Waals surface area (Å²) in [6.45, 7) is 0.410. The third kappa shape index (κ3) is 3.03. The minimum absolute atomic E-state index is 0.249. The normalized spacial score (nSPS) is 18.7. The Morgan fingerprint density at radius 2 is 1.88 bits per heavy atom. The largest absolute Gasteiger partial charge is 0.378 e.